The second-order valence-corrected chi connectivity index (χ2v) is 8.76. The number of hydrogen-bond acceptors (Lipinski definition) is 5. The molecule has 0 aromatic heterocycles. The summed E-state index contributed by atoms with van der Waals surface area (Å²) in [5.41, 5.74) is 7.09. The molecule has 0 bridgehead atoms. The summed E-state index contributed by atoms with van der Waals surface area (Å²) in [6.07, 6.45) is 0. The fourth-order valence-electron chi connectivity index (χ4n) is 1.76. The molecule has 1 aliphatic rings. The number of aryl methyl sites for hydroxylation is 1. The number of nitrogen functional groups attached to an aromatic ring is 1. The fourth-order valence-corrected chi connectivity index (χ4v) is 5.64. The van der Waals surface area contributed by atoms with Crippen molar-refractivity contribution in [2.75, 3.05) is 29.5 Å². The molecule has 0 amide bonds. The third-order valence-electron chi connectivity index (χ3n) is 2.94. The molecule has 0 spiro atoms. The number of nitrogens with one attached hydrogen (secondary N) is 1. The van der Waals surface area contributed by atoms with E-state index >= 15 is 0 Å². The largest absolute Gasteiger partial charge is 0.399 e. The second-order valence-electron chi connectivity index (χ2n) is 4.44. The molecule has 0 saturated carbocycles. The molecule has 2 rings (SSSR count). The van der Waals surface area contributed by atoms with Crippen molar-refractivity contribution in [2.45, 2.75) is 17.1 Å². The molecule has 1 unspecified atom stereocenters. The van der Waals surface area contributed by atoms with E-state index in [0.29, 0.717) is 17.5 Å². The molecule has 0 aliphatic carbocycles. The van der Waals surface area contributed by atoms with Crippen LogP contribution in [0, 0.1) is 6.92 Å². The average Bonchev–Trinajstić information content (AvgIpc) is 2.41. The van der Waals surface area contributed by atoms with Crippen molar-refractivity contribution in [2.24, 2.45) is 0 Å². The number of nitrogens with two attached hydrogens (primary N) is 1. The minimum Gasteiger partial charge on any atom is -0.399 e. The number of benzene rings is 1. The molecule has 3 N–H and O–H groups in total. The Kier molecular flexibility index (Phi) is 5.05. The van der Waals surface area contributed by atoms with Gasteiger partial charge in [0.1, 0.15) is 0 Å². The van der Waals surface area contributed by atoms with Crippen LogP contribution in [-0.2, 0) is 10.0 Å². The standard InChI is InChI=1S/C12H18N2O2S3/c1-9-6-11(2-3-12(9)13)19(15,16)14-7-10-8-17-4-5-18-10/h2-3,6,10,14H,4-5,7-8,13H2,1H3. The Balaban J connectivity index is 2.02. The number of sulfonamides is 1. The van der Waals surface area contributed by atoms with Crippen molar-refractivity contribution in [3.8, 4) is 0 Å². The molecule has 1 aromatic rings. The van der Waals surface area contributed by atoms with Gasteiger partial charge in [0.25, 0.3) is 0 Å². The third kappa shape index (κ3) is 4.05. The van der Waals surface area contributed by atoms with Crippen molar-refractivity contribution < 1.29 is 8.42 Å². The molecular weight excluding hydrogens is 300 g/mol. The first-order valence-electron chi connectivity index (χ1n) is 6.04. The minimum atomic E-state index is -3.43. The summed E-state index contributed by atoms with van der Waals surface area (Å²) in [7, 11) is -3.43. The Morgan fingerprint density at radius 1 is 1.42 bits per heavy atom. The highest BCUT2D eigenvalue weighted by Crippen LogP contribution is 2.24. The van der Waals surface area contributed by atoms with Crippen LogP contribution in [0.25, 0.3) is 0 Å². The molecular formula is C12H18N2O2S3. The van der Waals surface area contributed by atoms with E-state index in [1.54, 1.807) is 18.2 Å². The summed E-state index contributed by atoms with van der Waals surface area (Å²) < 4.78 is 27.0. The first-order chi connectivity index (χ1) is 8.99. The van der Waals surface area contributed by atoms with Crippen molar-refractivity contribution in [1.29, 1.82) is 0 Å². The lowest BCUT2D eigenvalue weighted by atomic mass is 10.2. The molecule has 1 aliphatic heterocycles. The van der Waals surface area contributed by atoms with Gasteiger partial charge in [0.05, 0.1) is 4.90 Å². The minimum absolute atomic E-state index is 0.285. The molecule has 1 fully saturated rings. The van der Waals surface area contributed by atoms with Crippen LogP contribution in [0.3, 0.4) is 0 Å². The molecule has 4 nitrogen and oxygen atoms in total. The molecule has 1 heterocycles. The van der Waals surface area contributed by atoms with Gasteiger partial charge >= 0.3 is 0 Å². The lowest BCUT2D eigenvalue weighted by Crippen LogP contribution is -2.33. The quantitative estimate of drug-likeness (QED) is 0.827. The molecule has 106 valence electrons. The Morgan fingerprint density at radius 3 is 2.84 bits per heavy atom. The fraction of sp³-hybridized carbons (Fsp3) is 0.500. The zero-order valence-corrected chi connectivity index (χ0v) is 13.2. The maximum atomic E-state index is 12.2. The van der Waals surface area contributed by atoms with Crippen molar-refractivity contribution >= 4 is 39.2 Å². The molecule has 1 saturated heterocycles. The maximum absolute atomic E-state index is 12.2. The van der Waals surface area contributed by atoms with Gasteiger partial charge in [-0.05, 0) is 30.7 Å². The van der Waals surface area contributed by atoms with Gasteiger partial charge in [-0.2, -0.15) is 23.5 Å². The Bertz CT molecular complexity index is 540. The molecule has 7 heteroatoms. The first kappa shape index (κ1) is 15.0. The zero-order valence-electron chi connectivity index (χ0n) is 10.8. The predicted molar refractivity (Wildman–Crippen MR) is 84.4 cm³/mol. The lowest BCUT2D eigenvalue weighted by Gasteiger charge is -2.21. The highest BCUT2D eigenvalue weighted by Gasteiger charge is 2.19. The summed E-state index contributed by atoms with van der Waals surface area (Å²) >= 11 is 3.72. The Hall–Kier alpha value is -0.370. The SMILES string of the molecule is Cc1cc(S(=O)(=O)NCC2CSCCS2)ccc1N. The van der Waals surface area contributed by atoms with Crippen LogP contribution < -0.4 is 10.5 Å². The van der Waals surface area contributed by atoms with Gasteiger partial charge < -0.3 is 5.73 Å². The predicted octanol–water partition coefficient (Wildman–Crippen LogP) is 1.70. The lowest BCUT2D eigenvalue weighted by molar-refractivity contribution is 0.581. The van der Waals surface area contributed by atoms with E-state index in [0.717, 1.165) is 22.8 Å². The van der Waals surface area contributed by atoms with Gasteiger partial charge in [0.15, 0.2) is 0 Å². The van der Waals surface area contributed by atoms with Gasteiger partial charge in [-0.25, -0.2) is 13.1 Å². The highest BCUT2D eigenvalue weighted by molar-refractivity contribution is 8.06. The van der Waals surface area contributed by atoms with Crippen molar-refractivity contribution in [1.82, 2.24) is 4.72 Å². The van der Waals surface area contributed by atoms with Crippen molar-refractivity contribution in [3.63, 3.8) is 0 Å². The Labute approximate surface area is 123 Å². The van der Waals surface area contributed by atoms with Crippen molar-refractivity contribution in [3.05, 3.63) is 23.8 Å². The number of anilines is 1. The monoisotopic (exact) mass is 318 g/mol. The van der Waals surface area contributed by atoms with Crippen LogP contribution in [0.1, 0.15) is 5.56 Å². The summed E-state index contributed by atoms with van der Waals surface area (Å²) in [5, 5.41) is 0.364. The summed E-state index contributed by atoms with van der Waals surface area (Å²) in [5.74, 6) is 3.26. The maximum Gasteiger partial charge on any atom is 0.240 e. The van der Waals surface area contributed by atoms with Gasteiger partial charge in [-0.15, -0.1) is 0 Å². The number of rotatable bonds is 4. The average molecular weight is 318 g/mol. The van der Waals surface area contributed by atoms with E-state index in [1.807, 2.05) is 30.4 Å². The summed E-state index contributed by atoms with van der Waals surface area (Å²) in [4.78, 5) is 0.285. The number of thioether (sulfide) groups is 2. The molecule has 1 aromatic carbocycles. The van der Waals surface area contributed by atoms with Crippen LogP contribution >= 0.6 is 23.5 Å². The molecule has 19 heavy (non-hydrogen) atoms. The van der Waals surface area contributed by atoms with Crippen LogP contribution in [0.5, 0.6) is 0 Å². The van der Waals surface area contributed by atoms with Crippen LogP contribution in [-0.4, -0.2) is 37.5 Å². The van der Waals surface area contributed by atoms with Crippen LogP contribution in [0.4, 0.5) is 5.69 Å². The van der Waals surface area contributed by atoms with Crippen LogP contribution in [0.2, 0.25) is 0 Å². The molecule has 0 radical (unpaired) electrons. The second kappa shape index (κ2) is 6.39. The normalized spacial score (nSPS) is 20.4. The zero-order chi connectivity index (χ0) is 13.9. The number of hydrogen-bond donors (Lipinski definition) is 2. The van der Waals surface area contributed by atoms with Gasteiger partial charge in [0.2, 0.25) is 10.0 Å². The van der Waals surface area contributed by atoms with E-state index in [9.17, 15) is 8.42 Å². The van der Waals surface area contributed by atoms with Gasteiger partial charge in [0, 0.05) is 34.7 Å². The van der Waals surface area contributed by atoms with E-state index in [1.165, 1.54) is 0 Å². The summed E-state index contributed by atoms with van der Waals surface area (Å²) in [6.45, 7) is 2.30. The third-order valence-corrected chi connectivity index (χ3v) is 7.20. The topological polar surface area (TPSA) is 72.2 Å². The van der Waals surface area contributed by atoms with Crippen LogP contribution in [0.15, 0.2) is 23.1 Å². The Morgan fingerprint density at radius 2 is 2.21 bits per heavy atom. The van der Waals surface area contributed by atoms with Gasteiger partial charge in [-0.1, -0.05) is 0 Å². The highest BCUT2D eigenvalue weighted by atomic mass is 32.2. The van der Waals surface area contributed by atoms with Gasteiger partial charge in [-0.3, -0.25) is 0 Å². The van der Waals surface area contributed by atoms with E-state index in [2.05, 4.69) is 4.72 Å². The molecule has 1 atom stereocenters. The van der Waals surface area contributed by atoms with E-state index in [4.69, 9.17) is 5.73 Å². The van der Waals surface area contributed by atoms with E-state index < -0.39 is 10.0 Å². The first-order valence-corrected chi connectivity index (χ1v) is 9.73. The smallest absolute Gasteiger partial charge is 0.240 e. The summed E-state index contributed by atoms with van der Waals surface area (Å²) in [6, 6.07) is 4.79. The van der Waals surface area contributed by atoms with E-state index in [-0.39, 0.29) is 4.90 Å².